The summed E-state index contributed by atoms with van der Waals surface area (Å²) in [5, 5.41) is 0. The van der Waals surface area contributed by atoms with E-state index in [1.165, 1.54) is 51.6 Å². The van der Waals surface area contributed by atoms with Crippen molar-refractivity contribution in [3.8, 4) is 0 Å². The van der Waals surface area contributed by atoms with Crippen molar-refractivity contribution < 1.29 is 4.74 Å². The Morgan fingerprint density at radius 2 is 1.81 bits per heavy atom. The molecule has 0 aliphatic carbocycles. The van der Waals surface area contributed by atoms with E-state index >= 15 is 0 Å². The Kier molecular flexibility index (Phi) is 8.34. The van der Waals surface area contributed by atoms with Gasteiger partial charge in [-0.25, -0.2) is 0 Å². The molecule has 1 saturated heterocycles. The molecule has 96 valence electrons. The molecule has 0 aromatic carbocycles. The molecule has 0 radical (unpaired) electrons. The molecule has 3 heteroatoms. The Balaban J connectivity index is 1.95. The van der Waals surface area contributed by atoms with Crippen molar-refractivity contribution in [2.24, 2.45) is 5.92 Å². The largest absolute Gasteiger partial charge is 0.381 e. The lowest BCUT2D eigenvalue weighted by atomic mass is 10.00. The average molecular weight is 245 g/mol. The van der Waals surface area contributed by atoms with E-state index in [1.54, 1.807) is 0 Å². The van der Waals surface area contributed by atoms with E-state index in [1.807, 2.05) is 0 Å². The number of unbranched alkanes of at least 4 members (excludes halogenated alkanes) is 3. The first-order valence-electron chi connectivity index (χ1n) is 6.70. The maximum Gasteiger partial charge on any atom is 0.0469 e. The smallest absolute Gasteiger partial charge is 0.0469 e. The molecule has 0 saturated carbocycles. The predicted octanol–water partition coefficient (Wildman–Crippen LogP) is 2.84. The van der Waals surface area contributed by atoms with Crippen molar-refractivity contribution in [2.75, 3.05) is 39.1 Å². The fourth-order valence-corrected chi connectivity index (χ4v) is 2.53. The highest BCUT2D eigenvalue weighted by atomic mass is 32.1. The molecule has 1 fully saturated rings. The summed E-state index contributed by atoms with van der Waals surface area (Å²) in [5.41, 5.74) is 0. The number of rotatable bonds is 8. The molecule has 1 heterocycles. The Morgan fingerprint density at radius 3 is 2.50 bits per heavy atom. The second-order valence-corrected chi connectivity index (χ2v) is 5.40. The van der Waals surface area contributed by atoms with Gasteiger partial charge in [-0.2, -0.15) is 12.6 Å². The third-order valence-electron chi connectivity index (χ3n) is 3.36. The van der Waals surface area contributed by atoms with Crippen LogP contribution in [0, 0.1) is 5.92 Å². The molecule has 0 unspecified atom stereocenters. The van der Waals surface area contributed by atoms with E-state index in [4.69, 9.17) is 4.74 Å². The maximum atomic E-state index is 5.38. The highest BCUT2D eigenvalue weighted by molar-refractivity contribution is 7.80. The Morgan fingerprint density at radius 1 is 1.12 bits per heavy atom. The lowest BCUT2D eigenvalue weighted by Gasteiger charge is -2.27. The first kappa shape index (κ1) is 14.3. The molecule has 0 atom stereocenters. The van der Waals surface area contributed by atoms with Gasteiger partial charge in [-0.3, -0.25) is 0 Å². The first-order valence-corrected chi connectivity index (χ1v) is 7.33. The van der Waals surface area contributed by atoms with E-state index in [-0.39, 0.29) is 0 Å². The fourth-order valence-electron chi connectivity index (χ4n) is 2.31. The molecule has 1 aliphatic rings. The van der Waals surface area contributed by atoms with Gasteiger partial charge < -0.3 is 9.64 Å². The van der Waals surface area contributed by atoms with Gasteiger partial charge in [0.1, 0.15) is 0 Å². The van der Waals surface area contributed by atoms with Crippen LogP contribution in [0.3, 0.4) is 0 Å². The predicted molar refractivity (Wildman–Crippen MR) is 73.4 cm³/mol. The summed E-state index contributed by atoms with van der Waals surface area (Å²) >= 11 is 4.23. The van der Waals surface area contributed by atoms with Gasteiger partial charge in [0.15, 0.2) is 0 Å². The zero-order valence-corrected chi connectivity index (χ0v) is 11.6. The number of hydrogen-bond acceptors (Lipinski definition) is 3. The van der Waals surface area contributed by atoms with Crippen LogP contribution in [-0.2, 0) is 4.74 Å². The van der Waals surface area contributed by atoms with Crippen LogP contribution in [-0.4, -0.2) is 44.0 Å². The normalized spacial score (nSPS) is 18.2. The van der Waals surface area contributed by atoms with Crippen LogP contribution in [0.1, 0.15) is 38.5 Å². The van der Waals surface area contributed by atoms with Crippen molar-refractivity contribution in [1.29, 1.82) is 0 Å². The minimum atomic E-state index is 0.871. The summed E-state index contributed by atoms with van der Waals surface area (Å²) in [4.78, 5) is 2.50. The fraction of sp³-hybridized carbons (Fsp3) is 1.00. The van der Waals surface area contributed by atoms with Gasteiger partial charge in [0, 0.05) is 19.8 Å². The van der Waals surface area contributed by atoms with Crippen molar-refractivity contribution in [2.45, 2.75) is 38.5 Å². The lowest BCUT2D eigenvalue weighted by molar-refractivity contribution is 0.0556. The maximum absolute atomic E-state index is 5.38. The van der Waals surface area contributed by atoms with E-state index in [0.717, 1.165) is 24.9 Å². The Hall–Kier alpha value is 0.270. The highest BCUT2D eigenvalue weighted by Crippen LogP contribution is 2.15. The SMILES string of the molecule is CN(CCCCCCS)CC1CCOCC1. The van der Waals surface area contributed by atoms with E-state index in [0.29, 0.717) is 0 Å². The van der Waals surface area contributed by atoms with Crippen molar-refractivity contribution in [3.05, 3.63) is 0 Å². The van der Waals surface area contributed by atoms with Gasteiger partial charge >= 0.3 is 0 Å². The van der Waals surface area contributed by atoms with Gasteiger partial charge in [-0.15, -0.1) is 0 Å². The molecule has 0 N–H and O–H groups in total. The quantitative estimate of drug-likeness (QED) is 0.521. The Labute approximate surface area is 106 Å². The molecule has 0 aromatic heterocycles. The standard InChI is InChI=1S/C13H27NOS/c1-14(8-4-2-3-5-11-16)12-13-6-9-15-10-7-13/h13,16H,2-12H2,1H3. The van der Waals surface area contributed by atoms with Crippen molar-refractivity contribution >= 4 is 12.6 Å². The van der Waals surface area contributed by atoms with E-state index < -0.39 is 0 Å². The van der Waals surface area contributed by atoms with E-state index in [9.17, 15) is 0 Å². The molecular weight excluding hydrogens is 218 g/mol. The Bertz CT molecular complexity index is 160. The third kappa shape index (κ3) is 6.77. The monoisotopic (exact) mass is 245 g/mol. The molecule has 1 rings (SSSR count). The van der Waals surface area contributed by atoms with Gasteiger partial charge in [0.2, 0.25) is 0 Å². The molecule has 2 nitrogen and oxygen atoms in total. The summed E-state index contributed by atoms with van der Waals surface area (Å²) < 4.78 is 5.38. The summed E-state index contributed by atoms with van der Waals surface area (Å²) in [6.45, 7) is 4.46. The van der Waals surface area contributed by atoms with E-state index in [2.05, 4.69) is 24.6 Å². The molecule has 1 aliphatic heterocycles. The molecule has 16 heavy (non-hydrogen) atoms. The van der Waals surface area contributed by atoms with Crippen LogP contribution in [0.2, 0.25) is 0 Å². The molecular formula is C13H27NOS. The van der Waals surface area contributed by atoms with Crippen LogP contribution in [0.25, 0.3) is 0 Å². The van der Waals surface area contributed by atoms with Gasteiger partial charge in [0.25, 0.3) is 0 Å². The lowest BCUT2D eigenvalue weighted by Crippen LogP contribution is -2.30. The van der Waals surface area contributed by atoms with Crippen molar-refractivity contribution in [3.63, 3.8) is 0 Å². The second kappa shape index (κ2) is 9.32. The van der Waals surface area contributed by atoms with Crippen LogP contribution in [0.5, 0.6) is 0 Å². The van der Waals surface area contributed by atoms with Gasteiger partial charge in [0.05, 0.1) is 0 Å². The topological polar surface area (TPSA) is 12.5 Å². The minimum Gasteiger partial charge on any atom is -0.381 e. The summed E-state index contributed by atoms with van der Waals surface area (Å²) in [5.74, 6) is 1.91. The third-order valence-corrected chi connectivity index (χ3v) is 3.67. The summed E-state index contributed by atoms with van der Waals surface area (Å²) in [6.07, 6.45) is 7.82. The van der Waals surface area contributed by atoms with Crippen LogP contribution in [0.4, 0.5) is 0 Å². The zero-order chi connectivity index (χ0) is 11.6. The second-order valence-electron chi connectivity index (χ2n) is 4.96. The van der Waals surface area contributed by atoms with Crippen LogP contribution in [0.15, 0.2) is 0 Å². The zero-order valence-electron chi connectivity index (χ0n) is 10.7. The molecule has 0 bridgehead atoms. The molecule has 0 spiro atoms. The molecule has 0 aromatic rings. The summed E-state index contributed by atoms with van der Waals surface area (Å²) in [7, 11) is 2.26. The molecule has 0 amide bonds. The van der Waals surface area contributed by atoms with Crippen LogP contribution >= 0.6 is 12.6 Å². The number of nitrogens with zero attached hydrogens (tertiary/aromatic N) is 1. The van der Waals surface area contributed by atoms with Crippen molar-refractivity contribution in [1.82, 2.24) is 4.90 Å². The van der Waals surface area contributed by atoms with Gasteiger partial charge in [-0.05, 0) is 50.9 Å². The first-order chi connectivity index (χ1) is 7.83. The average Bonchev–Trinajstić information content (AvgIpc) is 2.30. The highest BCUT2D eigenvalue weighted by Gasteiger charge is 2.15. The summed E-state index contributed by atoms with van der Waals surface area (Å²) in [6, 6.07) is 0. The minimum absolute atomic E-state index is 0.871. The van der Waals surface area contributed by atoms with Gasteiger partial charge in [-0.1, -0.05) is 12.8 Å². The number of thiol groups is 1. The van der Waals surface area contributed by atoms with Crippen LogP contribution < -0.4 is 0 Å². The number of hydrogen-bond donors (Lipinski definition) is 1. The number of ether oxygens (including phenoxy) is 1.